The maximum absolute atomic E-state index is 13.1. The van der Waals surface area contributed by atoms with Crippen LogP contribution in [-0.2, 0) is 16.0 Å². The molecule has 0 aromatic heterocycles. The summed E-state index contributed by atoms with van der Waals surface area (Å²) in [6.07, 6.45) is -0.0610. The summed E-state index contributed by atoms with van der Waals surface area (Å²) in [5.41, 5.74) is 1.12. The molecule has 4 nitrogen and oxygen atoms in total. The Morgan fingerprint density at radius 2 is 2.22 bits per heavy atom. The van der Waals surface area contributed by atoms with Crippen LogP contribution in [0, 0.1) is 17.1 Å². The monoisotopic (exact) mass is 252 g/mol. The molecule has 98 valence electrons. The summed E-state index contributed by atoms with van der Waals surface area (Å²) < 4.78 is 23.2. The summed E-state index contributed by atoms with van der Waals surface area (Å²) in [5, 5.41) is 12.0. The fraction of sp³-hybridized carbons (Fsp3) is 0.462. The Kier molecular flexibility index (Phi) is 6.29. The third-order valence-electron chi connectivity index (χ3n) is 2.56. The van der Waals surface area contributed by atoms with Crippen LogP contribution in [0.15, 0.2) is 18.2 Å². The second-order valence-corrected chi connectivity index (χ2v) is 3.86. The lowest BCUT2D eigenvalue weighted by molar-refractivity contribution is 0.0288. The average molecular weight is 252 g/mol. The van der Waals surface area contributed by atoms with Gasteiger partial charge in [0.15, 0.2) is 0 Å². The van der Waals surface area contributed by atoms with Crippen LogP contribution in [0.4, 0.5) is 4.39 Å². The van der Waals surface area contributed by atoms with Crippen molar-refractivity contribution in [1.82, 2.24) is 5.32 Å². The molecule has 18 heavy (non-hydrogen) atoms. The standard InChI is InChI=1S/C13H17FN2O2/c1-17-9-13(18-2)8-16-7-11-5-12(14)4-3-10(11)6-15/h3-5,13,16H,7-9H2,1-2H3. The van der Waals surface area contributed by atoms with Gasteiger partial charge in [0.1, 0.15) is 5.82 Å². The summed E-state index contributed by atoms with van der Waals surface area (Å²) in [6.45, 7) is 1.48. The van der Waals surface area contributed by atoms with Crippen LogP contribution in [-0.4, -0.2) is 33.5 Å². The zero-order valence-electron chi connectivity index (χ0n) is 10.6. The van der Waals surface area contributed by atoms with E-state index in [2.05, 4.69) is 5.32 Å². The van der Waals surface area contributed by atoms with Crippen LogP contribution in [0.3, 0.4) is 0 Å². The van der Waals surface area contributed by atoms with E-state index >= 15 is 0 Å². The van der Waals surface area contributed by atoms with Gasteiger partial charge in [0.05, 0.1) is 24.3 Å². The number of ether oxygens (including phenoxy) is 2. The molecule has 0 spiro atoms. The number of benzene rings is 1. The first-order valence-corrected chi connectivity index (χ1v) is 5.62. The van der Waals surface area contributed by atoms with Crippen molar-refractivity contribution in [3.8, 4) is 6.07 Å². The summed E-state index contributed by atoms with van der Waals surface area (Å²) in [6, 6.07) is 6.17. The van der Waals surface area contributed by atoms with Gasteiger partial charge in [-0.3, -0.25) is 0 Å². The van der Waals surface area contributed by atoms with Crippen molar-refractivity contribution < 1.29 is 13.9 Å². The molecule has 0 aliphatic rings. The normalized spacial score (nSPS) is 12.1. The van der Waals surface area contributed by atoms with Crippen molar-refractivity contribution in [3.05, 3.63) is 35.1 Å². The van der Waals surface area contributed by atoms with Crippen LogP contribution >= 0.6 is 0 Å². The fourth-order valence-electron chi connectivity index (χ4n) is 1.58. The minimum absolute atomic E-state index is 0.0610. The molecular formula is C13H17FN2O2. The van der Waals surface area contributed by atoms with Gasteiger partial charge in [-0.2, -0.15) is 5.26 Å². The van der Waals surface area contributed by atoms with Gasteiger partial charge >= 0.3 is 0 Å². The van der Waals surface area contributed by atoms with E-state index in [-0.39, 0.29) is 11.9 Å². The van der Waals surface area contributed by atoms with Gasteiger partial charge in [-0.05, 0) is 23.8 Å². The summed E-state index contributed by atoms with van der Waals surface area (Å²) in [4.78, 5) is 0. The number of rotatable bonds is 7. The fourth-order valence-corrected chi connectivity index (χ4v) is 1.58. The molecule has 0 saturated carbocycles. The van der Waals surface area contributed by atoms with E-state index < -0.39 is 0 Å². The molecule has 0 aliphatic heterocycles. The van der Waals surface area contributed by atoms with Crippen LogP contribution in [0.5, 0.6) is 0 Å². The van der Waals surface area contributed by atoms with Gasteiger partial charge in [-0.15, -0.1) is 0 Å². The summed E-state index contributed by atoms with van der Waals surface area (Å²) >= 11 is 0. The topological polar surface area (TPSA) is 54.3 Å². The first-order valence-electron chi connectivity index (χ1n) is 5.62. The molecule has 1 aromatic rings. The van der Waals surface area contributed by atoms with E-state index in [1.54, 1.807) is 14.2 Å². The van der Waals surface area contributed by atoms with Gasteiger partial charge in [0, 0.05) is 27.3 Å². The van der Waals surface area contributed by atoms with E-state index in [9.17, 15) is 4.39 Å². The zero-order valence-corrected chi connectivity index (χ0v) is 10.6. The van der Waals surface area contributed by atoms with Gasteiger partial charge in [-0.25, -0.2) is 4.39 Å². The molecule has 0 radical (unpaired) electrons. The number of hydrogen-bond acceptors (Lipinski definition) is 4. The van der Waals surface area contributed by atoms with Crippen LogP contribution in [0.1, 0.15) is 11.1 Å². The van der Waals surface area contributed by atoms with Gasteiger partial charge in [-0.1, -0.05) is 0 Å². The molecule has 0 heterocycles. The number of nitrogens with one attached hydrogen (secondary N) is 1. The number of nitrogens with zero attached hydrogens (tertiary/aromatic N) is 1. The highest BCUT2D eigenvalue weighted by molar-refractivity contribution is 5.37. The van der Waals surface area contributed by atoms with Crippen molar-refractivity contribution in [3.63, 3.8) is 0 Å². The summed E-state index contributed by atoms with van der Waals surface area (Å²) in [7, 11) is 3.21. The Hall–Kier alpha value is -1.48. The number of halogens is 1. The second kappa shape index (κ2) is 7.77. The average Bonchev–Trinajstić information content (AvgIpc) is 2.38. The van der Waals surface area contributed by atoms with Gasteiger partial charge < -0.3 is 14.8 Å². The number of nitriles is 1. The van der Waals surface area contributed by atoms with Crippen LogP contribution < -0.4 is 5.32 Å². The second-order valence-electron chi connectivity index (χ2n) is 3.86. The van der Waals surface area contributed by atoms with Gasteiger partial charge in [0.25, 0.3) is 0 Å². The van der Waals surface area contributed by atoms with Crippen molar-refractivity contribution >= 4 is 0 Å². The van der Waals surface area contributed by atoms with E-state index in [1.165, 1.54) is 18.2 Å². The van der Waals surface area contributed by atoms with Crippen molar-refractivity contribution in [1.29, 1.82) is 5.26 Å². The third-order valence-corrected chi connectivity index (χ3v) is 2.56. The molecule has 0 fully saturated rings. The number of methoxy groups -OCH3 is 2. The van der Waals surface area contributed by atoms with Crippen molar-refractivity contribution in [2.24, 2.45) is 0 Å². The molecule has 1 aromatic carbocycles. The van der Waals surface area contributed by atoms with Crippen molar-refractivity contribution in [2.45, 2.75) is 12.6 Å². The highest BCUT2D eigenvalue weighted by atomic mass is 19.1. The third kappa shape index (κ3) is 4.41. The molecule has 5 heteroatoms. The maximum atomic E-state index is 13.1. The largest absolute Gasteiger partial charge is 0.382 e. The van der Waals surface area contributed by atoms with Crippen molar-refractivity contribution in [2.75, 3.05) is 27.4 Å². The molecule has 0 saturated heterocycles. The van der Waals surface area contributed by atoms with Gasteiger partial charge in [0.2, 0.25) is 0 Å². The number of hydrogen-bond donors (Lipinski definition) is 1. The Bertz CT molecular complexity index is 418. The predicted molar refractivity (Wildman–Crippen MR) is 65.5 cm³/mol. The minimum atomic E-state index is -0.342. The Labute approximate surface area is 106 Å². The molecule has 0 bridgehead atoms. The lowest BCUT2D eigenvalue weighted by atomic mass is 10.1. The molecule has 1 unspecified atom stereocenters. The smallest absolute Gasteiger partial charge is 0.123 e. The highest BCUT2D eigenvalue weighted by Gasteiger charge is 2.08. The molecule has 1 atom stereocenters. The van der Waals surface area contributed by atoms with E-state index in [4.69, 9.17) is 14.7 Å². The van der Waals surface area contributed by atoms with E-state index in [0.717, 1.165) is 0 Å². The first-order chi connectivity index (χ1) is 8.71. The molecule has 1 rings (SSSR count). The molecule has 0 amide bonds. The Balaban J connectivity index is 2.53. The Morgan fingerprint density at radius 1 is 1.44 bits per heavy atom. The molecule has 1 N–H and O–H groups in total. The highest BCUT2D eigenvalue weighted by Crippen LogP contribution is 2.10. The van der Waals surface area contributed by atoms with Crippen LogP contribution in [0.2, 0.25) is 0 Å². The SMILES string of the molecule is COCC(CNCc1cc(F)ccc1C#N)OC. The van der Waals surface area contributed by atoms with E-state index in [0.29, 0.717) is 30.8 Å². The minimum Gasteiger partial charge on any atom is -0.382 e. The zero-order chi connectivity index (χ0) is 13.4. The lowest BCUT2D eigenvalue weighted by Gasteiger charge is -2.15. The maximum Gasteiger partial charge on any atom is 0.123 e. The van der Waals surface area contributed by atoms with E-state index in [1.807, 2.05) is 6.07 Å². The first kappa shape index (κ1) is 14.6. The predicted octanol–water partition coefficient (Wildman–Crippen LogP) is 1.45. The lowest BCUT2D eigenvalue weighted by Crippen LogP contribution is -2.31. The Morgan fingerprint density at radius 3 is 2.83 bits per heavy atom. The van der Waals surface area contributed by atoms with Crippen LogP contribution in [0.25, 0.3) is 0 Å². The molecular weight excluding hydrogens is 235 g/mol. The molecule has 0 aliphatic carbocycles. The summed E-state index contributed by atoms with van der Waals surface area (Å²) in [5.74, 6) is -0.342. The quantitative estimate of drug-likeness (QED) is 0.798.